The number of hydrogen-bond acceptors (Lipinski definition) is 8. The highest BCUT2D eigenvalue weighted by Gasteiger charge is 2.42. The van der Waals surface area contributed by atoms with E-state index in [-0.39, 0.29) is 60.9 Å². The number of halogens is 1. The van der Waals surface area contributed by atoms with Crippen molar-refractivity contribution in [3.63, 3.8) is 0 Å². The summed E-state index contributed by atoms with van der Waals surface area (Å²) in [6, 6.07) is 5.58. The molecule has 0 spiro atoms. The summed E-state index contributed by atoms with van der Waals surface area (Å²) in [4.78, 5) is 60.0. The molecule has 290 valence electrons. The van der Waals surface area contributed by atoms with E-state index in [1.54, 1.807) is 26.2 Å². The summed E-state index contributed by atoms with van der Waals surface area (Å²) in [6.45, 7) is 11.0. The van der Waals surface area contributed by atoms with Crippen molar-refractivity contribution >= 4 is 35.2 Å². The molecule has 1 aromatic carbocycles. The van der Waals surface area contributed by atoms with Crippen LogP contribution in [-0.4, -0.2) is 130 Å². The second-order valence-corrected chi connectivity index (χ2v) is 14.9. The number of methoxy groups -OCH3 is 2. The molecular formula is C38H65ClN6O6. The maximum absolute atomic E-state index is 14.1. The lowest BCUT2D eigenvalue weighted by molar-refractivity contribution is -0.147. The Morgan fingerprint density at radius 2 is 1.71 bits per heavy atom. The van der Waals surface area contributed by atoms with Gasteiger partial charge in [-0.25, -0.2) is 0 Å². The van der Waals surface area contributed by atoms with Crippen LogP contribution in [0.5, 0.6) is 0 Å². The van der Waals surface area contributed by atoms with Gasteiger partial charge in [-0.2, -0.15) is 0 Å². The second-order valence-electron chi connectivity index (χ2n) is 14.5. The van der Waals surface area contributed by atoms with Crippen molar-refractivity contribution in [1.82, 2.24) is 25.3 Å². The Morgan fingerprint density at radius 3 is 2.25 bits per heavy atom. The lowest BCUT2D eigenvalue weighted by atomic mass is 9.90. The van der Waals surface area contributed by atoms with Crippen LogP contribution < -0.4 is 16.4 Å². The van der Waals surface area contributed by atoms with Crippen molar-refractivity contribution in [3.8, 4) is 0 Å². The van der Waals surface area contributed by atoms with Crippen molar-refractivity contribution < 1.29 is 28.7 Å². The van der Waals surface area contributed by atoms with Crippen LogP contribution in [0.2, 0.25) is 5.02 Å². The molecular weight excluding hydrogens is 672 g/mol. The molecule has 3 unspecified atom stereocenters. The minimum atomic E-state index is -0.823. The summed E-state index contributed by atoms with van der Waals surface area (Å²) < 4.78 is 11.9. The average Bonchev–Trinajstić information content (AvgIpc) is 3.57. The van der Waals surface area contributed by atoms with E-state index >= 15 is 0 Å². The third-order valence-electron chi connectivity index (χ3n) is 10.4. The van der Waals surface area contributed by atoms with Crippen LogP contribution in [0.1, 0.15) is 72.3 Å². The number of nitrogens with one attached hydrogen (secondary N) is 2. The number of benzene rings is 1. The number of rotatable bonds is 21. The zero-order valence-electron chi connectivity index (χ0n) is 32.6. The molecule has 0 aliphatic carbocycles. The molecule has 1 aliphatic heterocycles. The Hall–Kier alpha value is -2.77. The molecule has 0 radical (unpaired) electrons. The summed E-state index contributed by atoms with van der Waals surface area (Å²) in [6.07, 6.45) is 2.02. The number of carbonyl (C=O) groups is 4. The van der Waals surface area contributed by atoms with Gasteiger partial charge in [0, 0.05) is 39.4 Å². The van der Waals surface area contributed by atoms with Crippen molar-refractivity contribution in [2.45, 2.75) is 110 Å². The zero-order chi connectivity index (χ0) is 38.4. The fraction of sp³-hybridized carbons (Fsp3) is 0.737. The minimum absolute atomic E-state index is 0.0216. The molecule has 0 saturated carbocycles. The smallest absolute Gasteiger partial charge is 0.245 e. The van der Waals surface area contributed by atoms with Crippen LogP contribution in [0.25, 0.3) is 0 Å². The number of likely N-dealkylation sites (N-methyl/N-ethyl adjacent to an activating group) is 2. The normalized spacial score (nSPS) is 18.9. The maximum Gasteiger partial charge on any atom is 0.245 e. The first-order valence-corrected chi connectivity index (χ1v) is 18.8. The molecule has 51 heavy (non-hydrogen) atoms. The Morgan fingerprint density at radius 1 is 1.04 bits per heavy atom. The number of ether oxygens (including phenoxy) is 2. The van der Waals surface area contributed by atoms with Gasteiger partial charge in [-0.1, -0.05) is 70.8 Å². The molecule has 8 atom stereocenters. The number of likely N-dealkylation sites (tertiary alicyclic amines) is 1. The van der Waals surface area contributed by atoms with Crippen LogP contribution in [0, 0.1) is 17.8 Å². The standard InChI is InChI=1S/C38H65ClN6O6/c1-11-25(4)34(44(8)38(49)29(18-20-40)42-37(48)33(24(2)3)43(6)7)31(50-9)23-32(46)45-22-14-17-30(45)35(51-10)26(5)36(47)41-21-19-27-15-12-13-16-28(27)39/h12-13,15-16,24-26,29-31,33-35H,11,14,17-23,40H2,1-10H3,(H,41,47)(H,42,48)/t25-,26+,29?,30?,31+,33?,34-,35+/m0/s1. The first kappa shape index (κ1) is 44.4. The van der Waals surface area contributed by atoms with Gasteiger partial charge >= 0.3 is 0 Å². The summed E-state index contributed by atoms with van der Waals surface area (Å²) >= 11 is 6.28. The number of carbonyl (C=O) groups excluding carboxylic acids is 4. The Bertz CT molecular complexity index is 1260. The largest absolute Gasteiger partial charge is 0.379 e. The van der Waals surface area contributed by atoms with Gasteiger partial charge in [0.1, 0.15) is 6.04 Å². The third kappa shape index (κ3) is 12.1. The van der Waals surface area contributed by atoms with Gasteiger partial charge in [-0.15, -0.1) is 0 Å². The zero-order valence-corrected chi connectivity index (χ0v) is 33.4. The lowest BCUT2D eigenvalue weighted by Crippen LogP contribution is -2.58. The summed E-state index contributed by atoms with van der Waals surface area (Å²) in [5.74, 6) is -1.27. The molecule has 1 saturated heterocycles. The number of nitrogens with zero attached hydrogens (tertiary/aromatic N) is 3. The molecule has 1 aromatic rings. The maximum atomic E-state index is 14.1. The van der Waals surface area contributed by atoms with Gasteiger partial charge in [0.05, 0.1) is 42.7 Å². The summed E-state index contributed by atoms with van der Waals surface area (Å²) in [5, 5.41) is 6.64. The van der Waals surface area contributed by atoms with Gasteiger partial charge in [0.2, 0.25) is 23.6 Å². The molecule has 1 heterocycles. The highest BCUT2D eigenvalue weighted by molar-refractivity contribution is 6.31. The van der Waals surface area contributed by atoms with Crippen LogP contribution in [0.15, 0.2) is 24.3 Å². The minimum Gasteiger partial charge on any atom is -0.379 e. The Labute approximate surface area is 311 Å². The number of nitrogens with two attached hydrogens (primary N) is 1. The summed E-state index contributed by atoms with van der Waals surface area (Å²) in [7, 11) is 8.53. The van der Waals surface area contributed by atoms with E-state index in [0.29, 0.717) is 31.0 Å². The molecule has 2 rings (SSSR count). The first-order chi connectivity index (χ1) is 24.1. The molecule has 13 heteroatoms. The quantitative estimate of drug-likeness (QED) is 0.174. The van der Waals surface area contributed by atoms with Gasteiger partial charge in [0.15, 0.2) is 0 Å². The van der Waals surface area contributed by atoms with Gasteiger partial charge in [-0.05, 0) is 69.8 Å². The van der Waals surface area contributed by atoms with Gasteiger partial charge < -0.3 is 35.6 Å². The lowest BCUT2D eigenvalue weighted by Gasteiger charge is -2.40. The van der Waals surface area contributed by atoms with Crippen molar-refractivity contribution in [2.75, 3.05) is 55.0 Å². The summed E-state index contributed by atoms with van der Waals surface area (Å²) in [5.41, 5.74) is 6.88. The number of hydrogen-bond donors (Lipinski definition) is 3. The van der Waals surface area contributed by atoms with E-state index in [1.807, 2.05) is 82.8 Å². The predicted octanol–water partition coefficient (Wildman–Crippen LogP) is 3.34. The first-order valence-electron chi connectivity index (χ1n) is 18.4. The van der Waals surface area contributed by atoms with Gasteiger partial charge in [-0.3, -0.25) is 24.1 Å². The Kier molecular flexibility index (Phi) is 18.9. The highest BCUT2D eigenvalue weighted by atomic mass is 35.5. The van der Waals surface area contributed by atoms with Crippen molar-refractivity contribution in [1.29, 1.82) is 0 Å². The molecule has 0 aromatic heterocycles. The van der Waals surface area contributed by atoms with E-state index < -0.39 is 36.3 Å². The third-order valence-corrected chi connectivity index (χ3v) is 10.8. The molecule has 0 bridgehead atoms. The topological polar surface area (TPSA) is 147 Å². The van der Waals surface area contributed by atoms with Crippen LogP contribution in [0.3, 0.4) is 0 Å². The van der Waals surface area contributed by atoms with E-state index in [4.69, 9.17) is 26.8 Å². The molecule has 12 nitrogen and oxygen atoms in total. The number of amides is 4. The molecule has 1 fully saturated rings. The highest BCUT2D eigenvalue weighted by Crippen LogP contribution is 2.29. The van der Waals surface area contributed by atoms with Crippen molar-refractivity contribution in [3.05, 3.63) is 34.9 Å². The SMILES string of the molecule is CC[C@H](C)[C@@H]([C@@H](CC(=O)N1CCCC1[C@H](OC)[C@@H](C)C(=O)NCCc1ccccc1Cl)OC)N(C)C(=O)C(CCN)NC(=O)C(C(C)C)N(C)C. The molecule has 4 N–H and O–H groups in total. The van der Waals surface area contributed by atoms with Crippen molar-refractivity contribution in [2.24, 2.45) is 23.5 Å². The monoisotopic (exact) mass is 736 g/mol. The fourth-order valence-corrected chi connectivity index (χ4v) is 7.78. The average molecular weight is 737 g/mol. The fourth-order valence-electron chi connectivity index (χ4n) is 7.55. The van der Waals surface area contributed by atoms with E-state index in [2.05, 4.69) is 10.6 Å². The van der Waals surface area contributed by atoms with Gasteiger partial charge in [0.25, 0.3) is 0 Å². The Balaban J connectivity index is 2.21. The van der Waals surface area contributed by atoms with E-state index in [9.17, 15) is 19.2 Å². The molecule has 4 amide bonds. The second kappa shape index (κ2) is 21.7. The van der Waals surface area contributed by atoms with Crippen LogP contribution in [-0.2, 0) is 35.1 Å². The van der Waals surface area contributed by atoms with E-state index in [0.717, 1.165) is 18.4 Å². The van der Waals surface area contributed by atoms with Crippen LogP contribution >= 0.6 is 11.6 Å². The van der Waals surface area contributed by atoms with E-state index in [1.165, 1.54) is 0 Å². The molecule has 1 aliphatic rings. The predicted molar refractivity (Wildman–Crippen MR) is 202 cm³/mol. The van der Waals surface area contributed by atoms with Crippen LogP contribution in [0.4, 0.5) is 0 Å².